The Kier molecular flexibility index (Phi) is 5.50. The number of fused-ring (bicyclic) bond motifs is 1. The molecule has 1 saturated carbocycles. The number of hydrogen-bond acceptors (Lipinski definition) is 6. The first-order chi connectivity index (χ1) is 13.6. The number of anilines is 3. The van der Waals surface area contributed by atoms with Crippen LogP contribution in [0.15, 0.2) is 18.2 Å². The quantitative estimate of drug-likeness (QED) is 0.572. The van der Waals surface area contributed by atoms with Gasteiger partial charge in [0.2, 0.25) is 5.95 Å². The van der Waals surface area contributed by atoms with Crippen LogP contribution in [0, 0.1) is 5.82 Å². The molecule has 29 heavy (non-hydrogen) atoms. The minimum absolute atomic E-state index is 0. The van der Waals surface area contributed by atoms with Crippen molar-refractivity contribution in [3.8, 4) is 0 Å². The van der Waals surface area contributed by atoms with Gasteiger partial charge in [0, 0.05) is 42.0 Å². The van der Waals surface area contributed by atoms with Gasteiger partial charge in [-0.2, -0.15) is 10.1 Å². The van der Waals surface area contributed by atoms with Crippen molar-refractivity contribution >= 4 is 52.5 Å². The Balaban J connectivity index is 0.00000205. The van der Waals surface area contributed by atoms with Gasteiger partial charge in [-0.05, 0) is 38.0 Å². The predicted molar refractivity (Wildman–Crippen MR) is 115 cm³/mol. The fraction of sp³-hybridized carbons (Fsp3) is 0.421. The van der Waals surface area contributed by atoms with Gasteiger partial charge < -0.3 is 15.5 Å². The Morgan fingerprint density at radius 1 is 1.24 bits per heavy atom. The van der Waals surface area contributed by atoms with Gasteiger partial charge in [-0.1, -0.05) is 11.6 Å². The minimum Gasteiger partial charge on any atom is -0.338 e. The first-order valence-corrected chi connectivity index (χ1v) is 9.92. The van der Waals surface area contributed by atoms with Crippen LogP contribution in [0.4, 0.5) is 22.0 Å². The van der Waals surface area contributed by atoms with Crippen LogP contribution in [0.3, 0.4) is 0 Å². The van der Waals surface area contributed by atoms with Crippen molar-refractivity contribution < 1.29 is 4.39 Å². The first kappa shape index (κ1) is 20.1. The zero-order chi connectivity index (χ0) is 19.3. The van der Waals surface area contributed by atoms with Crippen molar-refractivity contribution in [2.24, 2.45) is 0 Å². The summed E-state index contributed by atoms with van der Waals surface area (Å²) < 4.78 is 14.8. The number of piperazine rings is 1. The van der Waals surface area contributed by atoms with Crippen molar-refractivity contribution in [3.63, 3.8) is 0 Å². The van der Waals surface area contributed by atoms with E-state index in [9.17, 15) is 4.39 Å². The van der Waals surface area contributed by atoms with E-state index >= 15 is 0 Å². The highest BCUT2D eigenvalue weighted by molar-refractivity contribution is 6.31. The lowest BCUT2D eigenvalue weighted by molar-refractivity contribution is 0.480. The van der Waals surface area contributed by atoms with Gasteiger partial charge in [0.1, 0.15) is 5.82 Å². The zero-order valence-electron chi connectivity index (χ0n) is 15.9. The summed E-state index contributed by atoms with van der Waals surface area (Å²) >= 11 is 6.19. The van der Waals surface area contributed by atoms with E-state index in [0.29, 0.717) is 28.5 Å². The van der Waals surface area contributed by atoms with E-state index in [2.05, 4.69) is 32.7 Å². The highest BCUT2D eigenvalue weighted by atomic mass is 35.5. The van der Waals surface area contributed by atoms with Crippen molar-refractivity contribution in [2.45, 2.75) is 31.7 Å². The molecule has 0 bridgehead atoms. The van der Waals surface area contributed by atoms with Crippen LogP contribution in [0.1, 0.15) is 31.4 Å². The van der Waals surface area contributed by atoms with Crippen LogP contribution in [-0.4, -0.2) is 45.8 Å². The monoisotopic (exact) mass is 437 g/mol. The molecule has 2 aliphatic rings. The number of H-pyrrole nitrogens is 1. The molecule has 3 N–H and O–H groups in total. The van der Waals surface area contributed by atoms with Crippen LogP contribution in [-0.2, 0) is 0 Å². The lowest BCUT2D eigenvalue weighted by atomic mass is 10.2. The number of aromatic amines is 1. The molecule has 3 aromatic rings. The molecule has 1 atom stereocenters. The van der Waals surface area contributed by atoms with Gasteiger partial charge in [-0.15, -0.1) is 12.4 Å². The van der Waals surface area contributed by atoms with Gasteiger partial charge in [0.05, 0.1) is 11.2 Å². The lowest BCUT2D eigenvalue weighted by Crippen LogP contribution is -2.49. The summed E-state index contributed by atoms with van der Waals surface area (Å²) in [6.45, 7) is 4.61. The number of nitrogens with one attached hydrogen (secondary N) is 3. The molecule has 1 saturated heterocycles. The van der Waals surface area contributed by atoms with Gasteiger partial charge in [0.15, 0.2) is 11.6 Å². The molecule has 2 aromatic heterocycles. The van der Waals surface area contributed by atoms with E-state index < -0.39 is 0 Å². The summed E-state index contributed by atoms with van der Waals surface area (Å²) in [5, 5.41) is 14.7. The number of rotatable bonds is 4. The van der Waals surface area contributed by atoms with E-state index in [4.69, 9.17) is 21.6 Å². The molecular weight excluding hydrogens is 416 g/mol. The molecule has 7 nitrogen and oxygen atoms in total. The topological polar surface area (TPSA) is 81.8 Å². The number of halogens is 3. The number of benzene rings is 1. The Morgan fingerprint density at radius 2 is 2.07 bits per heavy atom. The third kappa shape index (κ3) is 3.97. The number of aromatic nitrogens is 4. The smallest absolute Gasteiger partial charge is 0.228 e. The highest BCUT2D eigenvalue weighted by Gasteiger charge is 2.30. The summed E-state index contributed by atoms with van der Waals surface area (Å²) in [6.07, 6.45) is 1.99. The average molecular weight is 438 g/mol. The average Bonchev–Trinajstić information content (AvgIpc) is 3.46. The SMILES string of the molecule is C[C@@H]1CN(c2nc(Nc3n[nH]c(C4CC4)c3F)c3cc(Cl)ccc3n2)CCN1.Cl. The molecule has 2 fully saturated rings. The molecule has 1 aliphatic carbocycles. The molecule has 0 radical (unpaired) electrons. The summed E-state index contributed by atoms with van der Waals surface area (Å²) in [4.78, 5) is 11.5. The molecule has 1 aliphatic heterocycles. The van der Waals surface area contributed by atoms with Gasteiger partial charge in [-0.25, -0.2) is 9.37 Å². The van der Waals surface area contributed by atoms with Crippen molar-refractivity contribution in [1.82, 2.24) is 25.5 Å². The van der Waals surface area contributed by atoms with E-state index in [-0.39, 0.29) is 30.0 Å². The second-order valence-electron chi connectivity index (χ2n) is 7.53. The summed E-state index contributed by atoms with van der Waals surface area (Å²) in [5.41, 5.74) is 1.32. The van der Waals surface area contributed by atoms with Crippen molar-refractivity contribution in [2.75, 3.05) is 29.9 Å². The summed E-state index contributed by atoms with van der Waals surface area (Å²) in [6, 6.07) is 5.79. The van der Waals surface area contributed by atoms with Crippen molar-refractivity contribution in [1.29, 1.82) is 0 Å². The fourth-order valence-corrected chi connectivity index (χ4v) is 3.79. The second-order valence-corrected chi connectivity index (χ2v) is 7.97. The van der Waals surface area contributed by atoms with E-state index in [0.717, 1.165) is 43.4 Å². The van der Waals surface area contributed by atoms with E-state index in [1.807, 2.05) is 6.07 Å². The Labute approximate surface area is 178 Å². The maximum absolute atomic E-state index is 14.8. The van der Waals surface area contributed by atoms with Crippen LogP contribution in [0.25, 0.3) is 10.9 Å². The van der Waals surface area contributed by atoms with Crippen LogP contribution >= 0.6 is 24.0 Å². The predicted octanol–water partition coefficient (Wildman–Crippen LogP) is 3.99. The maximum atomic E-state index is 14.8. The fourth-order valence-electron chi connectivity index (χ4n) is 3.62. The minimum atomic E-state index is -0.339. The third-order valence-corrected chi connectivity index (χ3v) is 5.49. The molecule has 154 valence electrons. The Bertz CT molecular complexity index is 1040. The molecular formula is C19H22Cl2FN7. The third-order valence-electron chi connectivity index (χ3n) is 5.25. The number of hydrogen-bond donors (Lipinski definition) is 3. The molecule has 0 unspecified atom stereocenters. The highest BCUT2D eigenvalue weighted by Crippen LogP contribution is 2.41. The molecule has 0 amide bonds. The molecule has 10 heteroatoms. The first-order valence-electron chi connectivity index (χ1n) is 9.55. The van der Waals surface area contributed by atoms with Gasteiger partial charge in [0.25, 0.3) is 0 Å². The van der Waals surface area contributed by atoms with Gasteiger partial charge >= 0.3 is 0 Å². The van der Waals surface area contributed by atoms with E-state index in [1.165, 1.54) is 0 Å². The number of nitrogens with zero attached hydrogens (tertiary/aromatic N) is 4. The van der Waals surface area contributed by atoms with Gasteiger partial charge in [-0.3, -0.25) is 5.10 Å². The largest absolute Gasteiger partial charge is 0.338 e. The maximum Gasteiger partial charge on any atom is 0.228 e. The molecule has 1 aromatic carbocycles. The van der Waals surface area contributed by atoms with Crippen LogP contribution in [0.2, 0.25) is 5.02 Å². The Hall–Kier alpha value is -2.16. The van der Waals surface area contributed by atoms with Crippen LogP contribution < -0.4 is 15.5 Å². The molecule has 3 heterocycles. The zero-order valence-corrected chi connectivity index (χ0v) is 17.4. The summed E-state index contributed by atoms with van der Waals surface area (Å²) in [5.74, 6) is 1.18. The molecule has 0 spiro atoms. The summed E-state index contributed by atoms with van der Waals surface area (Å²) in [7, 11) is 0. The molecule has 5 rings (SSSR count). The second kappa shape index (κ2) is 7.93. The standard InChI is InChI=1S/C19H21ClFN7.ClH/c1-10-9-28(7-6-22-10)19-23-14-5-4-12(20)8-13(14)17(25-19)24-18-15(21)16(26-27-18)11-2-3-11;/h4-5,8,10-11,22H,2-3,6-7,9H2,1H3,(H2,23,24,25,26,27);1H/t10-;/m1./s1. The van der Waals surface area contributed by atoms with Crippen LogP contribution in [0.5, 0.6) is 0 Å². The normalized spacial score (nSPS) is 19.3. The Morgan fingerprint density at radius 3 is 2.83 bits per heavy atom. The lowest BCUT2D eigenvalue weighted by Gasteiger charge is -2.32. The van der Waals surface area contributed by atoms with E-state index in [1.54, 1.807) is 12.1 Å². The van der Waals surface area contributed by atoms with Crippen molar-refractivity contribution in [3.05, 3.63) is 34.7 Å².